The van der Waals surface area contributed by atoms with Gasteiger partial charge in [0.25, 0.3) is 0 Å². The molecule has 0 radical (unpaired) electrons. The van der Waals surface area contributed by atoms with E-state index < -0.39 is 5.95 Å². The third kappa shape index (κ3) is 2.04. The minimum atomic E-state index is -0.529. The van der Waals surface area contributed by atoms with E-state index in [1.807, 2.05) is 0 Å². The Balaban J connectivity index is 2.16. The number of ether oxygens (including phenoxy) is 1. The van der Waals surface area contributed by atoms with Crippen LogP contribution in [0.15, 0.2) is 42.7 Å². The molecule has 0 bridgehead atoms. The van der Waals surface area contributed by atoms with Crippen molar-refractivity contribution in [3.8, 4) is 11.6 Å². The van der Waals surface area contributed by atoms with Crippen molar-refractivity contribution in [3.63, 3.8) is 0 Å². The standard InChI is InChI=1S/C10H7FN2O/c11-9-5-4-8(7-13-9)14-10-3-1-2-6-12-10/h1-7H. The lowest BCUT2D eigenvalue weighted by Crippen LogP contribution is -1.88. The van der Waals surface area contributed by atoms with Gasteiger partial charge >= 0.3 is 0 Å². The number of rotatable bonds is 2. The monoisotopic (exact) mass is 190 g/mol. The zero-order valence-electron chi connectivity index (χ0n) is 7.22. The van der Waals surface area contributed by atoms with E-state index in [-0.39, 0.29) is 0 Å². The zero-order valence-corrected chi connectivity index (χ0v) is 7.22. The lowest BCUT2D eigenvalue weighted by atomic mass is 10.4. The molecule has 14 heavy (non-hydrogen) atoms. The van der Waals surface area contributed by atoms with Crippen molar-refractivity contribution in [3.05, 3.63) is 48.7 Å². The Hall–Kier alpha value is -1.97. The highest BCUT2D eigenvalue weighted by Crippen LogP contribution is 2.16. The second-order valence-electron chi connectivity index (χ2n) is 2.59. The molecule has 0 N–H and O–H groups in total. The van der Waals surface area contributed by atoms with E-state index >= 15 is 0 Å². The molecule has 2 rings (SSSR count). The first kappa shape index (κ1) is 8.62. The molecule has 0 atom stereocenters. The summed E-state index contributed by atoms with van der Waals surface area (Å²) in [5.74, 6) is 0.393. The summed E-state index contributed by atoms with van der Waals surface area (Å²) in [7, 11) is 0. The lowest BCUT2D eigenvalue weighted by Gasteiger charge is -2.02. The van der Waals surface area contributed by atoms with Crippen LogP contribution in [0.5, 0.6) is 11.6 Å². The number of hydrogen-bond donors (Lipinski definition) is 0. The maximum Gasteiger partial charge on any atom is 0.219 e. The Morgan fingerprint density at radius 1 is 1.07 bits per heavy atom. The molecular formula is C10H7FN2O. The zero-order chi connectivity index (χ0) is 9.80. The molecule has 0 aliphatic carbocycles. The van der Waals surface area contributed by atoms with E-state index in [4.69, 9.17) is 4.74 Å². The van der Waals surface area contributed by atoms with Crippen molar-refractivity contribution in [2.75, 3.05) is 0 Å². The van der Waals surface area contributed by atoms with Gasteiger partial charge in [0.2, 0.25) is 11.8 Å². The number of halogens is 1. The molecule has 4 heteroatoms. The number of pyridine rings is 2. The molecule has 2 heterocycles. The fraction of sp³-hybridized carbons (Fsp3) is 0. The van der Waals surface area contributed by atoms with Gasteiger partial charge in [0.15, 0.2) is 0 Å². The second kappa shape index (κ2) is 3.83. The van der Waals surface area contributed by atoms with Crippen LogP contribution in [0, 0.1) is 5.95 Å². The number of hydrogen-bond acceptors (Lipinski definition) is 3. The topological polar surface area (TPSA) is 35.0 Å². The molecule has 0 saturated heterocycles. The van der Waals surface area contributed by atoms with E-state index in [1.54, 1.807) is 24.4 Å². The van der Waals surface area contributed by atoms with Gasteiger partial charge in [-0.3, -0.25) is 0 Å². The fourth-order valence-corrected chi connectivity index (χ4v) is 0.951. The van der Waals surface area contributed by atoms with Gasteiger partial charge in [0, 0.05) is 12.3 Å². The summed E-state index contributed by atoms with van der Waals surface area (Å²) in [5.41, 5.74) is 0. The Morgan fingerprint density at radius 2 is 2.00 bits per heavy atom. The van der Waals surface area contributed by atoms with E-state index in [0.29, 0.717) is 11.6 Å². The average Bonchev–Trinajstić information content (AvgIpc) is 2.23. The highest BCUT2D eigenvalue weighted by Gasteiger charge is 1.97. The van der Waals surface area contributed by atoms with E-state index in [9.17, 15) is 4.39 Å². The Labute approximate surface area is 80.2 Å². The van der Waals surface area contributed by atoms with Gasteiger partial charge in [-0.05, 0) is 18.2 Å². The van der Waals surface area contributed by atoms with Gasteiger partial charge in [-0.25, -0.2) is 9.97 Å². The quantitative estimate of drug-likeness (QED) is 0.682. The third-order valence-corrected chi connectivity index (χ3v) is 1.56. The van der Waals surface area contributed by atoms with Crippen LogP contribution in [0.1, 0.15) is 0 Å². The third-order valence-electron chi connectivity index (χ3n) is 1.56. The van der Waals surface area contributed by atoms with Crippen LogP contribution in [-0.4, -0.2) is 9.97 Å². The van der Waals surface area contributed by atoms with Crippen molar-refractivity contribution in [1.29, 1.82) is 0 Å². The maximum absolute atomic E-state index is 12.4. The minimum Gasteiger partial charge on any atom is -0.437 e. The maximum atomic E-state index is 12.4. The summed E-state index contributed by atoms with van der Waals surface area (Å²) in [6.45, 7) is 0. The van der Waals surface area contributed by atoms with Crippen molar-refractivity contribution in [2.45, 2.75) is 0 Å². The Bertz CT molecular complexity index is 402. The molecule has 0 aliphatic heterocycles. The fourth-order valence-electron chi connectivity index (χ4n) is 0.951. The van der Waals surface area contributed by atoms with Crippen molar-refractivity contribution in [1.82, 2.24) is 9.97 Å². The second-order valence-corrected chi connectivity index (χ2v) is 2.59. The molecule has 0 unspecified atom stereocenters. The SMILES string of the molecule is Fc1ccc(Oc2ccccn2)cn1. The summed E-state index contributed by atoms with van der Waals surface area (Å²) in [6.07, 6.45) is 2.93. The predicted octanol–water partition coefficient (Wildman–Crippen LogP) is 2.41. The van der Waals surface area contributed by atoms with Gasteiger partial charge in [0.1, 0.15) is 5.75 Å². The first-order chi connectivity index (χ1) is 6.84. The molecular weight excluding hydrogens is 183 g/mol. The van der Waals surface area contributed by atoms with Crippen LogP contribution < -0.4 is 4.74 Å². The predicted molar refractivity (Wildman–Crippen MR) is 48.5 cm³/mol. The average molecular weight is 190 g/mol. The van der Waals surface area contributed by atoms with Gasteiger partial charge in [-0.2, -0.15) is 4.39 Å². The largest absolute Gasteiger partial charge is 0.437 e. The summed E-state index contributed by atoms with van der Waals surface area (Å²) in [4.78, 5) is 7.41. The molecule has 0 amide bonds. The summed E-state index contributed by atoms with van der Waals surface area (Å²) in [5, 5.41) is 0. The Morgan fingerprint density at radius 3 is 2.64 bits per heavy atom. The first-order valence-corrected chi connectivity index (χ1v) is 4.05. The highest BCUT2D eigenvalue weighted by molar-refractivity contribution is 5.23. The van der Waals surface area contributed by atoms with Crippen molar-refractivity contribution in [2.24, 2.45) is 0 Å². The minimum absolute atomic E-state index is 0.459. The smallest absolute Gasteiger partial charge is 0.219 e. The molecule has 70 valence electrons. The van der Waals surface area contributed by atoms with Crippen molar-refractivity contribution < 1.29 is 9.13 Å². The molecule has 0 spiro atoms. The highest BCUT2D eigenvalue weighted by atomic mass is 19.1. The van der Waals surface area contributed by atoms with Gasteiger partial charge in [-0.15, -0.1) is 0 Å². The number of nitrogens with zero attached hydrogens (tertiary/aromatic N) is 2. The van der Waals surface area contributed by atoms with Crippen LogP contribution >= 0.6 is 0 Å². The first-order valence-electron chi connectivity index (χ1n) is 4.05. The van der Waals surface area contributed by atoms with Gasteiger partial charge < -0.3 is 4.74 Å². The Kier molecular flexibility index (Phi) is 2.36. The van der Waals surface area contributed by atoms with E-state index in [0.717, 1.165) is 0 Å². The van der Waals surface area contributed by atoms with Crippen molar-refractivity contribution >= 4 is 0 Å². The van der Waals surface area contributed by atoms with Crippen LogP contribution in [0.2, 0.25) is 0 Å². The molecule has 0 aromatic carbocycles. The van der Waals surface area contributed by atoms with E-state index in [2.05, 4.69) is 9.97 Å². The van der Waals surface area contributed by atoms with Crippen LogP contribution in [0.4, 0.5) is 4.39 Å². The molecule has 2 aromatic heterocycles. The molecule has 0 saturated carbocycles. The van der Waals surface area contributed by atoms with Crippen LogP contribution in [-0.2, 0) is 0 Å². The van der Waals surface area contributed by atoms with Crippen LogP contribution in [0.3, 0.4) is 0 Å². The summed E-state index contributed by atoms with van der Waals surface area (Å²) >= 11 is 0. The van der Waals surface area contributed by atoms with Gasteiger partial charge in [0.05, 0.1) is 6.20 Å². The molecule has 0 fully saturated rings. The van der Waals surface area contributed by atoms with E-state index in [1.165, 1.54) is 18.3 Å². The number of aromatic nitrogens is 2. The molecule has 0 aliphatic rings. The normalized spacial score (nSPS) is 9.79. The molecule has 2 aromatic rings. The van der Waals surface area contributed by atoms with Crippen LogP contribution in [0.25, 0.3) is 0 Å². The summed E-state index contributed by atoms with van der Waals surface area (Å²) < 4.78 is 17.7. The lowest BCUT2D eigenvalue weighted by molar-refractivity contribution is 0.456. The summed E-state index contributed by atoms with van der Waals surface area (Å²) in [6, 6.07) is 8.04. The molecule has 3 nitrogen and oxygen atoms in total. The van der Waals surface area contributed by atoms with Gasteiger partial charge in [-0.1, -0.05) is 6.07 Å².